The molecule has 1 saturated carbocycles. The Kier molecular flexibility index (Phi) is 5.04. The van der Waals surface area contributed by atoms with Crippen molar-refractivity contribution in [3.8, 4) is 0 Å². The molecule has 1 aliphatic carbocycles. The number of rotatable bonds is 4. The average Bonchev–Trinajstić information content (AvgIpc) is 3.34. The van der Waals surface area contributed by atoms with Crippen LogP contribution in [0, 0.1) is 5.92 Å². The Balaban J connectivity index is 1.64. The molecular formula is C17H21F3N2O3S. The Morgan fingerprint density at radius 1 is 1.27 bits per heavy atom. The molecule has 3 atom stereocenters. The van der Waals surface area contributed by atoms with E-state index in [2.05, 4.69) is 5.32 Å². The quantitative estimate of drug-likeness (QED) is 0.858. The van der Waals surface area contributed by atoms with Crippen molar-refractivity contribution >= 4 is 15.9 Å². The van der Waals surface area contributed by atoms with Crippen LogP contribution in [0.25, 0.3) is 0 Å². The Bertz CT molecular complexity index is 795. The van der Waals surface area contributed by atoms with Gasteiger partial charge in [-0.25, -0.2) is 12.7 Å². The van der Waals surface area contributed by atoms with Gasteiger partial charge in [0, 0.05) is 25.0 Å². The second-order valence-corrected chi connectivity index (χ2v) is 8.98. The van der Waals surface area contributed by atoms with Crippen molar-refractivity contribution in [2.24, 2.45) is 5.92 Å². The van der Waals surface area contributed by atoms with Crippen LogP contribution in [0.2, 0.25) is 0 Å². The molecule has 1 N–H and O–H groups in total. The van der Waals surface area contributed by atoms with E-state index in [-0.39, 0.29) is 24.1 Å². The van der Waals surface area contributed by atoms with E-state index in [1.54, 1.807) is 6.07 Å². The van der Waals surface area contributed by atoms with Gasteiger partial charge in [0.25, 0.3) is 0 Å². The maximum absolute atomic E-state index is 13.1. The van der Waals surface area contributed by atoms with Crippen LogP contribution in [-0.2, 0) is 21.0 Å². The van der Waals surface area contributed by atoms with Crippen molar-refractivity contribution < 1.29 is 26.4 Å². The number of benzene rings is 1. The lowest BCUT2D eigenvalue weighted by Gasteiger charge is -2.31. The van der Waals surface area contributed by atoms with Crippen molar-refractivity contribution in [2.45, 2.75) is 37.4 Å². The molecular weight excluding hydrogens is 369 g/mol. The van der Waals surface area contributed by atoms with Crippen molar-refractivity contribution in [3.05, 3.63) is 35.4 Å². The number of hydrogen-bond donors (Lipinski definition) is 1. The third kappa shape index (κ3) is 4.20. The smallest absolute Gasteiger partial charge is 0.352 e. The van der Waals surface area contributed by atoms with E-state index in [1.807, 2.05) is 0 Å². The van der Waals surface area contributed by atoms with Gasteiger partial charge in [-0.2, -0.15) is 13.2 Å². The van der Waals surface area contributed by atoms with Crippen molar-refractivity contribution in [1.29, 1.82) is 0 Å². The second-order valence-electron chi connectivity index (χ2n) is 7.00. The van der Waals surface area contributed by atoms with E-state index in [9.17, 15) is 26.4 Å². The molecule has 2 aliphatic rings. The van der Waals surface area contributed by atoms with E-state index in [0.29, 0.717) is 25.8 Å². The van der Waals surface area contributed by atoms with Crippen LogP contribution in [0.5, 0.6) is 0 Å². The maximum atomic E-state index is 13.1. The first-order chi connectivity index (χ1) is 12.1. The molecule has 0 spiro atoms. The lowest BCUT2D eigenvalue weighted by atomic mass is 10.0. The van der Waals surface area contributed by atoms with Crippen molar-refractivity contribution in [1.82, 2.24) is 9.62 Å². The summed E-state index contributed by atoms with van der Waals surface area (Å²) in [4.78, 5) is 12.4. The largest absolute Gasteiger partial charge is 0.416 e. The minimum atomic E-state index is -4.44. The summed E-state index contributed by atoms with van der Waals surface area (Å²) in [5.74, 6) is -1.23. The van der Waals surface area contributed by atoms with Gasteiger partial charge in [0.05, 0.1) is 11.8 Å². The molecule has 3 rings (SSSR count). The highest BCUT2D eigenvalue weighted by Crippen LogP contribution is 2.51. The summed E-state index contributed by atoms with van der Waals surface area (Å²) in [5.41, 5.74) is -0.539. The van der Waals surface area contributed by atoms with Gasteiger partial charge in [-0.1, -0.05) is 18.2 Å². The van der Waals surface area contributed by atoms with E-state index >= 15 is 0 Å². The summed E-state index contributed by atoms with van der Waals surface area (Å²) >= 11 is 0. The molecule has 0 unspecified atom stereocenters. The number of carbonyl (C=O) groups is 1. The molecule has 144 valence electrons. The fraction of sp³-hybridized carbons (Fsp3) is 0.588. The third-order valence-electron chi connectivity index (χ3n) is 4.99. The fourth-order valence-corrected chi connectivity index (χ4v) is 4.49. The van der Waals surface area contributed by atoms with Gasteiger partial charge in [0.15, 0.2) is 0 Å². The summed E-state index contributed by atoms with van der Waals surface area (Å²) in [6.07, 6.45) is -1.64. The number of halogens is 3. The number of alkyl halides is 3. The molecule has 1 aromatic carbocycles. The summed E-state index contributed by atoms with van der Waals surface area (Å²) in [5, 5.41) is 2.81. The van der Waals surface area contributed by atoms with E-state index in [1.165, 1.54) is 16.4 Å². The molecule has 0 aromatic heterocycles. The third-order valence-corrected chi connectivity index (χ3v) is 6.26. The minimum Gasteiger partial charge on any atom is -0.352 e. The molecule has 1 aliphatic heterocycles. The molecule has 1 aromatic rings. The molecule has 1 heterocycles. The molecule has 0 bridgehead atoms. The summed E-state index contributed by atoms with van der Waals surface area (Å²) in [6.45, 7) is 0.636. The van der Waals surface area contributed by atoms with E-state index < -0.39 is 33.6 Å². The van der Waals surface area contributed by atoms with Gasteiger partial charge in [-0.05, 0) is 36.8 Å². The number of carbonyl (C=O) groups excluding carboxylic acids is 1. The summed E-state index contributed by atoms with van der Waals surface area (Å²) < 4.78 is 64.0. The molecule has 9 heteroatoms. The van der Waals surface area contributed by atoms with E-state index in [0.717, 1.165) is 12.3 Å². The van der Waals surface area contributed by atoms with Crippen LogP contribution in [0.15, 0.2) is 24.3 Å². The standard InChI is InChI=1S/C17H21F3N2O3S/c1-26(24,25)22-8-4-5-11(10-22)21-16(23)14-9-13(14)12-6-2-3-7-15(12)17(18,19)20/h2-3,6-7,11,13-14H,4-5,8-10H2,1H3,(H,21,23)/t11-,13-,14+/m0/s1. The maximum Gasteiger partial charge on any atom is 0.416 e. The monoisotopic (exact) mass is 390 g/mol. The highest BCUT2D eigenvalue weighted by Gasteiger charge is 2.48. The highest BCUT2D eigenvalue weighted by atomic mass is 32.2. The van der Waals surface area contributed by atoms with Crippen molar-refractivity contribution in [3.63, 3.8) is 0 Å². The van der Waals surface area contributed by atoms with Gasteiger partial charge in [-0.3, -0.25) is 4.79 Å². The first-order valence-corrected chi connectivity index (χ1v) is 10.3. The number of hydrogen-bond acceptors (Lipinski definition) is 3. The molecule has 0 radical (unpaired) electrons. The van der Waals surface area contributed by atoms with Crippen LogP contribution in [0.1, 0.15) is 36.3 Å². The number of nitrogens with one attached hydrogen (secondary N) is 1. The molecule has 1 saturated heterocycles. The summed E-state index contributed by atoms with van der Waals surface area (Å²) in [7, 11) is -3.32. The van der Waals surface area contributed by atoms with Gasteiger partial charge < -0.3 is 5.32 Å². The topological polar surface area (TPSA) is 66.5 Å². The van der Waals surface area contributed by atoms with Crippen molar-refractivity contribution in [2.75, 3.05) is 19.3 Å². The normalized spacial score (nSPS) is 27.2. The van der Waals surface area contributed by atoms with E-state index in [4.69, 9.17) is 0 Å². The zero-order valence-electron chi connectivity index (χ0n) is 14.3. The van der Waals surface area contributed by atoms with Crippen LogP contribution < -0.4 is 5.32 Å². The zero-order valence-corrected chi connectivity index (χ0v) is 15.1. The molecule has 5 nitrogen and oxygen atoms in total. The Morgan fingerprint density at radius 3 is 2.62 bits per heavy atom. The number of sulfonamides is 1. The fourth-order valence-electron chi connectivity index (χ4n) is 3.58. The number of piperidine rings is 1. The molecule has 26 heavy (non-hydrogen) atoms. The SMILES string of the molecule is CS(=O)(=O)N1CCC[C@H](NC(=O)[C@@H]2C[C@H]2c2ccccc2C(F)(F)F)C1. The lowest BCUT2D eigenvalue weighted by Crippen LogP contribution is -2.49. The van der Waals surface area contributed by atoms with Gasteiger partial charge in [-0.15, -0.1) is 0 Å². The zero-order chi connectivity index (χ0) is 19.1. The Labute approximate surface area is 150 Å². The summed E-state index contributed by atoms with van der Waals surface area (Å²) in [6, 6.07) is 5.04. The minimum absolute atomic E-state index is 0.154. The Morgan fingerprint density at radius 2 is 1.96 bits per heavy atom. The molecule has 2 fully saturated rings. The number of nitrogens with zero attached hydrogens (tertiary/aromatic N) is 1. The number of amides is 1. The van der Waals surface area contributed by atoms with Crippen LogP contribution in [0.4, 0.5) is 13.2 Å². The van der Waals surface area contributed by atoms with Crippen LogP contribution in [0.3, 0.4) is 0 Å². The van der Waals surface area contributed by atoms with Gasteiger partial charge >= 0.3 is 6.18 Å². The predicted molar refractivity (Wildman–Crippen MR) is 89.9 cm³/mol. The average molecular weight is 390 g/mol. The van der Waals surface area contributed by atoms with Gasteiger partial charge in [0.2, 0.25) is 15.9 Å². The lowest BCUT2D eigenvalue weighted by molar-refractivity contribution is -0.138. The highest BCUT2D eigenvalue weighted by molar-refractivity contribution is 7.88. The van der Waals surface area contributed by atoms with Crippen LogP contribution in [-0.4, -0.2) is 44.0 Å². The first-order valence-electron chi connectivity index (χ1n) is 8.49. The predicted octanol–water partition coefficient (Wildman–Crippen LogP) is 2.35. The first kappa shape index (κ1) is 19.2. The molecule has 1 amide bonds. The van der Waals surface area contributed by atoms with Gasteiger partial charge in [0.1, 0.15) is 0 Å². The second kappa shape index (κ2) is 6.84. The Hall–Kier alpha value is -1.61. The van der Waals surface area contributed by atoms with Crippen LogP contribution >= 0.6 is 0 Å².